The van der Waals surface area contributed by atoms with Crippen LogP contribution in [0.25, 0.3) is 0 Å². The molecule has 1 aliphatic carbocycles. The summed E-state index contributed by atoms with van der Waals surface area (Å²) < 4.78 is 0. The van der Waals surface area contributed by atoms with Crippen LogP contribution in [-0.2, 0) is 0 Å². The minimum atomic E-state index is 0.500. The first-order chi connectivity index (χ1) is 3.15. The first-order valence-corrected chi connectivity index (χ1v) is 3.00. The van der Waals surface area contributed by atoms with E-state index in [2.05, 4.69) is 20.8 Å². The van der Waals surface area contributed by atoms with E-state index < -0.39 is 0 Å². The summed E-state index contributed by atoms with van der Waals surface area (Å²) >= 11 is 0. The van der Waals surface area contributed by atoms with Gasteiger partial charge in [0.05, 0.1) is 0 Å². The van der Waals surface area contributed by atoms with Crippen LogP contribution in [0, 0.1) is 18.3 Å². The topological polar surface area (TPSA) is 0 Å². The second-order valence-electron chi connectivity index (χ2n) is 3.02. The number of hydrogen-bond donors (Lipinski definition) is 0. The molecular formula is C7H13. The molecule has 0 aliphatic heterocycles. The quantitative estimate of drug-likeness (QED) is 0.470. The van der Waals surface area contributed by atoms with Crippen molar-refractivity contribution in [2.24, 2.45) is 11.3 Å². The molecule has 0 saturated heterocycles. The van der Waals surface area contributed by atoms with E-state index in [9.17, 15) is 0 Å². The zero-order valence-corrected chi connectivity index (χ0v) is 5.20. The number of hydrogen-bond acceptors (Lipinski definition) is 0. The van der Waals surface area contributed by atoms with Crippen molar-refractivity contribution in [3.8, 4) is 0 Å². The van der Waals surface area contributed by atoms with Gasteiger partial charge in [0.25, 0.3) is 0 Å². The van der Waals surface area contributed by atoms with Gasteiger partial charge < -0.3 is 0 Å². The Kier molecular flexibility index (Phi) is 0.911. The van der Waals surface area contributed by atoms with E-state index in [0.717, 1.165) is 5.92 Å². The average molecular weight is 97.2 g/mol. The lowest BCUT2D eigenvalue weighted by Crippen LogP contribution is -2.02. The molecule has 0 atom stereocenters. The molecule has 0 nitrogen and oxygen atoms in total. The molecule has 1 radical (unpaired) electrons. The zero-order valence-electron chi connectivity index (χ0n) is 5.20. The summed E-state index contributed by atoms with van der Waals surface area (Å²) in [4.78, 5) is 0. The lowest BCUT2D eigenvalue weighted by Gasteiger charge is -2.10. The summed E-state index contributed by atoms with van der Waals surface area (Å²) in [6, 6.07) is 0. The van der Waals surface area contributed by atoms with Crippen LogP contribution in [0.1, 0.15) is 26.7 Å². The van der Waals surface area contributed by atoms with Crippen molar-refractivity contribution in [3.63, 3.8) is 0 Å². The van der Waals surface area contributed by atoms with E-state index in [1.54, 1.807) is 0 Å². The van der Waals surface area contributed by atoms with Crippen molar-refractivity contribution in [1.82, 2.24) is 0 Å². The molecule has 0 heteroatoms. The van der Waals surface area contributed by atoms with Gasteiger partial charge in [-0.05, 0) is 31.1 Å². The first-order valence-electron chi connectivity index (χ1n) is 3.00. The van der Waals surface area contributed by atoms with Crippen molar-refractivity contribution in [3.05, 3.63) is 6.92 Å². The molecule has 0 amide bonds. The SMILES string of the molecule is [CH2]C1(C(C)C)CC1. The third-order valence-electron chi connectivity index (χ3n) is 2.12. The lowest BCUT2D eigenvalue weighted by atomic mass is 9.95. The van der Waals surface area contributed by atoms with Crippen molar-refractivity contribution >= 4 is 0 Å². The molecule has 0 aromatic carbocycles. The zero-order chi connectivity index (χ0) is 5.49. The highest BCUT2D eigenvalue weighted by Gasteiger charge is 2.39. The van der Waals surface area contributed by atoms with Gasteiger partial charge in [0.2, 0.25) is 0 Å². The van der Waals surface area contributed by atoms with Crippen LogP contribution in [0.15, 0.2) is 0 Å². The second kappa shape index (κ2) is 1.24. The predicted molar refractivity (Wildman–Crippen MR) is 31.9 cm³/mol. The van der Waals surface area contributed by atoms with E-state index in [1.807, 2.05) is 0 Å². The standard InChI is InChI=1S/C7H13/c1-6(2)7(3)4-5-7/h6H,3-5H2,1-2H3. The van der Waals surface area contributed by atoms with E-state index in [0.29, 0.717) is 5.41 Å². The van der Waals surface area contributed by atoms with Crippen LogP contribution in [0.3, 0.4) is 0 Å². The summed E-state index contributed by atoms with van der Waals surface area (Å²) in [6.07, 6.45) is 2.70. The molecule has 7 heavy (non-hydrogen) atoms. The van der Waals surface area contributed by atoms with Crippen molar-refractivity contribution in [2.45, 2.75) is 26.7 Å². The van der Waals surface area contributed by atoms with Crippen molar-refractivity contribution in [2.75, 3.05) is 0 Å². The molecule has 0 bridgehead atoms. The van der Waals surface area contributed by atoms with Gasteiger partial charge in [0, 0.05) is 0 Å². The molecule has 1 rings (SSSR count). The average Bonchev–Trinajstić information content (AvgIpc) is 2.21. The highest BCUT2D eigenvalue weighted by molar-refractivity contribution is 4.97. The van der Waals surface area contributed by atoms with Gasteiger partial charge in [-0.1, -0.05) is 13.8 Å². The third kappa shape index (κ3) is 0.793. The van der Waals surface area contributed by atoms with E-state index in [4.69, 9.17) is 0 Å². The van der Waals surface area contributed by atoms with Crippen molar-refractivity contribution in [1.29, 1.82) is 0 Å². The Morgan fingerprint density at radius 2 is 1.86 bits per heavy atom. The van der Waals surface area contributed by atoms with Gasteiger partial charge in [-0.3, -0.25) is 0 Å². The summed E-state index contributed by atoms with van der Waals surface area (Å²) in [5.74, 6) is 0.799. The van der Waals surface area contributed by atoms with Crippen molar-refractivity contribution < 1.29 is 0 Å². The predicted octanol–water partition coefficient (Wildman–Crippen LogP) is 2.26. The Bertz CT molecular complexity index is 68.1. The summed E-state index contributed by atoms with van der Waals surface area (Å²) in [7, 11) is 0. The summed E-state index contributed by atoms with van der Waals surface area (Å²) in [6.45, 7) is 8.58. The Hall–Kier alpha value is 0. The molecule has 0 unspecified atom stereocenters. The van der Waals surface area contributed by atoms with Gasteiger partial charge in [0.1, 0.15) is 0 Å². The smallest absolute Gasteiger partial charge is 0.0274 e. The highest BCUT2D eigenvalue weighted by atomic mass is 14.4. The van der Waals surface area contributed by atoms with Gasteiger partial charge in [-0.25, -0.2) is 0 Å². The second-order valence-corrected chi connectivity index (χ2v) is 3.02. The maximum Gasteiger partial charge on any atom is -0.0274 e. The summed E-state index contributed by atoms with van der Waals surface area (Å²) in [5.41, 5.74) is 0.500. The van der Waals surface area contributed by atoms with Gasteiger partial charge in [0.15, 0.2) is 0 Å². The van der Waals surface area contributed by atoms with Gasteiger partial charge >= 0.3 is 0 Å². The van der Waals surface area contributed by atoms with E-state index >= 15 is 0 Å². The molecular weight excluding hydrogens is 84.1 g/mol. The highest BCUT2D eigenvalue weighted by Crippen LogP contribution is 2.50. The van der Waals surface area contributed by atoms with Crippen LogP contribution >= 0.6 is 0 Å². The molecule has 0 spiro atoms. The molecule has 0 aromatic heterocycles. The first kappa shape index (κ1) is 5.14. The third-order valence-corrected chi connectivity index (χ3v) is 2.12. The van der Waals surface area contributed by atoms with Crippen LogP contribution in [-0.4, -0.2) is 0 Å². The van der Waals surface area contributed by atoms with Gasteiger partial charge in [-0.15, -0.1) is 0 Å². The Labute approximate surface area is 45.9 Å². The largest absolute Gasteiger partial charge is 0.0622 e. The van der Waals surface area contributed by atoms with E-state index in [1.165, 1.54) is 12.8 Å². The maximum atomic E-state index is 4.08. The Morgan fingerprint density at radius 3 is 1.86 bits per heavy atom. The monoisotopic (exact) mass is 97.1 g/mol. The molecule has 0 heterocycles. The Balaban J connectivity index is 2.39. The molecule has 1 aliphatic rings. The van der Waals surface area contributed by atoms with Crippen LogP contribution in [0.4, 0.5) is 0 Å². The lowest BCUT2D eigenvalue weighted by molar-refractivity contribution is 0.443. The molecule has 1 fully saturated rings. The van der Waals surface area contributed by atoms with Crippen LogP contribution < -0.4 is 0 Å². The van der Waals surface area contributed by atoms with Crippen LogP contribution in [0.5, 0.6) is 0 Å². The minimum absolute atomic E-state index is 0.500. The molecule has 1 saturated carbocycles. The number of rotatable bonds is 1. The van der Waals surface area contributed by atoms with E-state index in [-0.39, 0.29) is 0 Å². The maximum absolute atomic E-state index is 4.08. The molecule has 0 aromatic rings. The van der Waals surface area contributed by atoms with Crippen LogP contribution in [0.2, 0.25) is 0 Å². The Morgan fingerprint density at radius 1 is 1.43 bits per heavy atom. The fourth-order valence-electron chi connectivity index (χ4n) is 0.738. The molecule has 41 valence electrons. The fourth-order valence-corrected chi connectivity index (χ4v) is 0.738. The fraction of sp³-hybridized carbons (Fsp3) is 0.857. The van der Waals surface area contributed by atoms with Gasteiger partial charge in [-0.2, -0.15) is 0 Å². The summed E-state index contributed by atoms with van der Waals surface area (Å²) in [5, 5.41) is 0. The normalized spacial score (nSPS) is 25.7. The molecule has 0 N–H and O–H groups in total. The minimum Gasteiger partial charge on any atom is -0.0622 e.